The Hall–Kier alpha value is -2.10. The van der Waals surface area contributed by atoms with E-state index in [1.807, 2.05) is 0 Å². The van der Waals surface area contributed by atoms with E-state index >= 15 is 0 Å². The van der Waals surface area contributed by atoms with E-state index in [1.165, 1.54) is 30.3 Å². The first-order valence-electron chi connectivity index (χ1n) is 6.09. The molecule has 0 radical (unpaired) electrons. The number of hydrogen-bond acceptors (Lipinski definition) is 1. The van der Waals surface area contributed by atoms with E-state index < -0.39 is 34.2 Å². The fourth-order valence-corrected chi connectivity index (χ4v) is 2.02. The molecule has 20 heavy (non-hydrogen) atoms. The molecule has 0 aliphatic rings. The van der Waals surface area contributed by atoms with E-state index in [0.29, 0.717) is 5.56 Å². The van der Waals surface area contributed by atoms with Crippen molar-refractivity contribution in [2.75, 3.05) is 0 Å². The lowest BCUT2D eigenvalue weighted by Gasteiger charge is -2.24. The summed E-state index contributed by atoms with van der Waals surface area (Å²) in [6.45, 7) is 3.10. The Bertz CT molecular complexity index is 625. The van der Waals surface area contributed by atoms with Crippen molar-refractivity contribution in [2.45, 2.75) is 19.3 Å². The highest BCUT2D eigenvalue weighted by Crippen LogP contribution is 2.29. The Morgan fingerprint density at radius 1 is 0.900 bits per heavy atom. The van der Waals surface area contributed by atoms with Gasteiger partial charge < -0.3 is 0 Å². The van der Waals surface area contributed by atoms with Crippen molar-refractivity contribution >= 4 is 5.78 Å². The zero-order valence-electron chi connectivity index (χ0n) is 11.1. The van der Waals surface area contributed by atoms with Crippen molar-refractivity contribution in [3.8, 4) is 0 Å². The van der Waals surface area contributed by atoms with E-state index in [9.17, 15) is 18.0 Å². The average Bonchev–Trinajstić information content (AvgIpc) is 2.38. The standard InChI is InChI=1S/C16H13F3O/c1-16(2,10-6-8-11(17)9-7-10)15(20)14-12(18)4-3-5-13(14)19/h3-9H,1-2H3. The second kappa shape index (κ2) is 5.12. The number of halogens is 3. The molecule has 1 nitrogen and oxygen atoms in total. The SMILES string of the molecule is CC(C)(C(=O)c1c(F)cccc1F)c1ccc(F)cc1. The minimum absolute atomic E-state index is 0.436. The van der Waals surface area contributed by atoms with Gasteiger partial charge in [0.1, 0.15) is 17.5 Å². The molecule has 0 amide bonds. The Balaban J connectivity index is 2.48. The van der Waals surface area contributed by atoms with E-state index in [1.54, 1.807) is 13.8 Å². The zero-order valence-corrected chi connectivity index (χ0v) is 11.1. The van der Waals surface area contributed by atoms with Gasteiger partial charge in [-0.25, -0.2) is 13.2 Å². The van der Waals surface area contributed by atoms with Gasteiger partial charge in [-0.1, -0.05) is 18.2 Å². The molecule has 0 fully saturated rings. The van der Waals surface area contributed by atoms with Crippen LogP contribution in [-0.4, -0.2) is 5.78 Å². The number of ketones is 1. The molecule has 0 aliphatic carbocycles. The van der Waals surface area contributed by atoms with Gasteiger partial charge in [0, 0.05) is 0 Å². The molecule has 0 aliphatic heterocycles. The third-order valence-corrected chi connectivity index (χ3v) is 3.32. The molecule has 104 valence electrons. The topological polar surface area (TPSA) is 17.1 Å². The van der Waals surface area contributed by atoms with Gasteiger partial charge >= 0.3 is 0 Å². The first-order valence-corrected chi connectivity index (χ1v) is 6.09. The predicted molar refractivity (Wildman–Crippen MR) is 70.1 cm³/mol. The maximum atomic E-state index is 13.7. The van der Waals surface area contributed by atoms with Crippen LogP contribution in [0.3, 0.4) is 0 Å². The van der Waals surface area contributed by atoms with Gasteiger partial charge in [-0.3, -0.25) is 4.79 Å². The van der Waals surface area contributed by atoms with E-state index in [0.717, 1.165) is 12.1 Å². The number of carbonyl (C=O) groups excluding carboxylic acids is 1. The van der Waals surface area contributed by atoms with Crippen LogP contribution in [0.1, 0.15) is 29.8 Å². The molecule has 0 heterocycles. The summed E-state index contributed by atoms with van der Waals surface area (Å²) in [5.74, 6) is -2.91. The number of benzene rings is 2. The summed E-state index contributed by atoms with van der Waals surface area (Å²) in [7, 11) is 0. The smallest absolute Gasteiger partial charge is 0.178 e. The summed E-state index contributed by atoms with van der Waals surface area (Å²) >= 11 is 0. The lowest BCUT2D eigenvalue weighted by molar-refractivity contribution is 0.0900. The molecule has 4 heteroatoms. The van der Waals surface area contributed by atoms with Crippen LogP contribution in [0.25, 0.3) is 0 Å². The Morgan fingerprint density at radius 3 is 1.90 bits per heavy atom. The molecular weight excluding hydrogens is 265 g/mol. The highest BCUT2D eigenvalue weighted by Gasteiger charge is 2.34. The third-order valence-electron chi connectivity index (χ3n) is 3.32. The van der Waals surface area contributed by atoms with Crippen LogP contribution in [0, 0.1) is 17.5 Å². The lowest BCUT2D eigenvalue weighted by Crippen LogP contribution is -2.30. The van der Waals surface area contributed by atoms with Crippen molar-refractivity contribution in [3.63, 3.8) is 0 Å². The van der Waals surface area contributed by atoms with Gasteiger partial charge in [-0.2, -0.15) is 0 Å². The van der Waals surface area contributed by atoms with Gasteiger partial charge in [0.25, 0.3) is 0 Å². The van der Waals surface area contributed by atoms with Crippen LogP contribution in [-0.2, 0) is 5.41 Å². The minimum atomic E-state index is -1.16. The Morgan fingerprint density at radius 2 is 1.40 bits per heavy atom. The lowest BCUT2D eigenvalue weighted by atomic mass is 9.78. The van der Waals surface area contributed by atoms with Gasteiger partial charge in [0.2, 0.25) is 0 Å². The molecule has 2 aromatic carbocycles. The highest BCUT2D eigenvalue weighted by atomic mass is 19.1. The van der Waals surface area contributed by atoms with E-state index in [-0.39, 0.29) is 0 Å². The highest BCUT2D eigenvalue weighted by molar-refractivity contribution is 6.04. The number of Topliss-reactive ketones (excluding diaryl/α,β-unsaturated/α-hetero) is 1. The van der Waals surface area contributed by atoms with Crippen LogP contribution in [0.5, 0.6) is 0 Å². The van der Waals surface area contributed by atoms with Gasteiger partial charge in [0.05, 0.1) is 11.0 Å². The maximum absolute atomic E-state index is 13.7. The number of hydrogen-bond donors (Lipinski definition) is 0. The zero-order chi connectivity index (χ0) is 14.9. The van der Waals surface area contributed by atoms with Crippen molar-refractivity contribution in [2.24, 2.45) is 0 Å². The maximum Gasteiger partial charge on any atom is 0.178 e. The van der Waals surface area contributed by atoms with E-state index in [2.05, 4.69) is 0 Å². The second-order valence-corrected chi connectivity index (χ2v) is 5.06. The fourth-order valence-electron chi connectivity index (χ4n) is 2.02. The Labute approximate surface area is 115 Å². The molecule has 0 unspecified atom stereocenters. The minimum Gasteiger partial charge on any atom is -0.293 e. The number of carbonyl (C=O) groups is 1. The third kappa shape index (κ3) is 2.46. The summed E-state index contributed by atoms with van der Waals surface area (Å²) in [6, 6.07) is 8.57. The van der Waals surface area contributed by atoms with Crippen LogP contribution in [0.4, 0.5) is 13.2 Å². The molecule has 0 bridgehead atoms. The summed E-state index contributed by atoms with van der Waals surface area (Å²) in [6.07, 6.45) is 0. The van der Waals surface area contributed by atoms with Gasteiger partial charge in [0.15, 0.2) is 5.78 Å². The molecule has 0 saturated carbocycles. The average molecular weight is 278 g/mol. The summed E-state index contributed by atoms with van der Waals surface area (Å²) in [5.41, 5.74) is -1.23. The molecule has 0 N–H and O–H groups in total. The number of rotatable bonds is 3. The van der Waals surface area contributed by atoms with E-state index in [4.69, 9.17) is 0 Å². The van der Waals surface area contributed by atoms with Crippen LogP contribution >= 0.6 is 0 Å². The molecule has 0 saturated heterocycles. The molecule has 0 atom stereocenters. The van der Waals surface area contributed by atoms with Crippen molar-refractivity contribution in [1.82, 2.24) is 0 Å². The summed E-state index contributed by atoms with van der Waals surface area (Å²) in [4.78, 5) is 12.4. The van der Waals surface area contributed by atoms with Crippen LogP contribution < -0.4 is 0 Å². The van der Waals surface area contributed by atoms with Crippen LogP contribution in [0.2, 0.25) is 0 Å². The summed E-state index contributed by atoms with van der Waals surface area (Å²) < 4.78 is 40.3. The first-order chi connectivity index (χ1) is 9.34. The largest absolute Gasteiger partial charge is 0.293 e. The van der Waals surface area contributed by atoms with Crippen molar-refractivity contribution in [1.29, 1.82) is 0 Å². The van der Waals surface area contributed by atoms with Gasteiger partial charge in [-0.15, -0.1) is 0 Å². The predicted octanol–water partition coefficient (Wildman–Crippen LogP) is 4.26. The normalized spacial score (nSPS) is 11.4. The van der Waals surface area contributed by atoms with Crippen molar-refractivity contribution in [3.05, 3.63) is 71.0 Å². The molecule has 0 spiro atoms. The fraction of sp³-hybridized carbons (Fsp3) is 0.188. The first kappa shape index (κ1) is 14.3. The molecular formula is C16H13F3O. The Kier molecular flexibility index (Phi) is 3.66. The molecule has 2 aromatic rings. The van der Waals surface area contributed by atoms with Crippen LogP contribution in [0.15, 0.2) is 42.5 Å². The molecule has 0 aromatic heterocycles. The molecule has 2 rings (SSSR count). The summed E-state index contributed by atoms with van der Waals surface area (Å²) in [5, 5.41) is 0. The quantitative estimate of drug-likeness (QED) is 0.766. The van der Waals surface area contributed by atoms with Gasteiger partial charge in [-0.05, 0) is 43.7 Å². The second-order valence-electron chi connectivity index (χ2n) is 5.06. The van der Waals surface area contributed by atoms with Crippen molar-refractivity contribution < 1.29 is 18.0 Å². The monoisotopic (exact) mass is 278 g/mol.